The molecule has 1 unspecified atom stereocenters. The third-order valence-electron chi connectivity index (χ3n) is 4.02. The molecule has 3 rings (SSSR count). The second-order valence-electron chi connectivity index (χ2n) is 6.02. The zero-order valence-electron chi connectivity index (χ0n) is 14.2. The van der Waals surface area contributed by atoms with E-state index in [0.717, 1.165) is 17.5 Å². The van der Waals surface area contributed by atoms with Crippen LogP contribution in [0.15, 0.2) is 48.1 Å². The molecule has 0 aliphatic heterocycles. The lowest BCUT2D eigenvalue weighted by molar-refractivity contribution is 0.0939. The van der Waals surface area contributed by atoms with Gasteiger partial charge in [-0.2, -0.15) is 5.10 Å². The number of hydrogen-bond acceptors (Lipinski definition) is 3. The number of rotatable bonds is 6. The van der Waals surface area contributed by atoms with Gasteiger partial charge in [0.15, 0.2) is 0 Å². The highest BCUT2D eigenvalue weighted by atomic mass is 35.5. The molecule has 130 valence electrons. The molecule has 1 atom stereocenters. The zero-order chi connectivity index (χ0) is 17.8. The number of aryl methyl sites for hydroxylation is 1. The molecule has 1 amide bonds. The maximum absolute atomic E-state index is 12.6. The largest absolute Gasteiger partial charge is 0.345 e. The lowest BCUT2D eigenvalue weighted by Crippen LogP contribution is -2.27. The van der Waals surface area contributed by atoms with Gasteiger partial charge in [0.1, 0.15) is 0 Å². The molecule has 0 spiro atoms. The van der Waals surface area contributed by atoms with E-state index < -0.39 is 0 Å². The quantitative estimate of drug-likeness (QED) is 0.672. The fourth-order valence-electron chi connectivity index (χ4n) is 2.64. The van der Waals surface area contributed by atoms with Crippen molar-refractivity contribution >= 4 is 28.8 Å². The lowest BCUT2D eigenvalue weighted by Gasteiger charge is -2.17. The SMILES string of the molecule is CCC(NC(=O)c1cc(Cn2cc(Cl)cn2)cs1)c1ccc(C)cc1. The van der Waals surface area contributed by atoms with Gasteiger partial charge in [0.2, 0.25) is 0 Å². The van der Waals surface area contributed by atoms with Crippen LogP contribution in [-0.2, 0) is 6.54 Å². The second kappa shape index (κ2) is 7.85. The summed E-state index contributed by atoms with van der Waals surface area (Å²) >= 11 is 7.33. The summed E-state index contributed by atoms with van der Waals surface area (Å²) in [6.45, 7) is 4.74. The van der Waals surface area contributed by atoms with Crippen molar-refractivity contribution in [3.05, 3.63) is 74.7 Å². The number of hydrogen-bond donors (Lipinski definition) is 1. The minimum atomic E-state index is -0.0397. The predicted octanol–water partition coefficient (Wildman–Crippen LogP) is 4.84. The molecule has 0 aliphatic rings. The van der Waals surface area contributed by atoms with Crippen molar-refractivity contribution in [2.45, 2.75) is 32.9 Å². The fraction of sp³-hybridized carbons (Fsp3) is 0.263. The predicted molar refractivity (Wildman–Crippen MR) is 102 cm³/mol. The van der Waals surface area contributed by atoms with Gasteiger partial charge < -0.3 is 5.32 Å². The number of carbonyl (C=O) groups excluding carboxylic acids is 1. The third kappa shape index (κ3) is 4.50. The van der Waals surface area contributed by atoms with Gasteiger partial charge in [-0.05, 0) is 35.9 Å². The van der Waals surface area contributed by atoms with Gasteiger partial charge in [-0.1, -0.05) is 48.4 Å². The Labute approximate surface area is 156 Å². The average Bonchev–Trinajstić information content (AvgIpc) is 3.23. The van der Waals surface area contributed by atoms with Crippen LogP contribution in [0.2, 0.25) is 5.02 Å². The first kappa shape index (κ1) is 17.7. The molecular formula is C19H20ClN3OS. The number of carbonyl (C=O) groups is 1. The van der Waals surface area contributed by atoms with Gasteiger partial charge in [0, 0.05) is 6.20 Å². The van der Waals surface area contributed by atoms with Crippen molar-refractivity contribution in [2.24, 2.45) is 0 Å². The summed E-state index contributed by atoms with van der Waals surface area (Å²) in [5, 5.41) is 9.88. The molecule has 0 fully saturated rings. The number of amides is 1. The van der Waals surface area contributed by atoms with Crippen LogP contribution in [-0.4, -0.2) is 15.7 Å². The van der Waals surface area contributed by atoms with Crippen LogP contribution in [0.4, 0.5) is 0 Å². The molecule has 6 heteroatoms. The van der Waals surface area contributed by atoms with Crippen molar-refractivity contribution in [3.63, 3.8) is 0 Å². The Morgan fingerprint density at radius 2 is 2.12 bits per heavy atom. The Morgan fingerprint density at radius 3 is 2.76 bits per heavy atom. The number of benzene rings is 1. The average molecular weight is 374 g/mol. The Morgan fingerprint density at radius 1 is 1.36 bits per heavy atom. The van der Waals surface area contributed by atoms with Crippen LogP contribution in [0.5, 0.6) is 0 Å². The van der Waals surface area contributed by atoms with E-state index in [1.54, 1.807) is 17.1 Å². The minimum Gasteiger partial charge on any atom is -0.345 e. The maximum Gasteiger partial charge on any atom is 0.261 e. The molecule has 0 saturated heterocycles. The Balaban J connectivity index is 1.67. The summed E-state index contributed by atoms with van der Waals surface area (Å²) in [6, 6.07) is 10.2. The van der Waals surface area contributed by atoms with E-state index in [0.29, 0.717) is 16.4 Å². The number of thiophene rings is 1. The van der Waals surface area contributed by atoms with Crippen LogP contribution in [0, 0.1) is 6.92 Å². The zero-order valence-corrected chi connectivity index (χ0v) is 15.8. The standard InChI is InChI=1S/C19H20ClN3OS/c1-3-17(15-6-4-13(2)5-7-15)22-19(24)18-8-14(12-25-18)10-23-11-16(20)9-21-23/h4-9,11-12,17H,3,10H2,1-2H3,(H,22,24). The molecule has 0 aliphatic carbocycles. The Bertz CT molecular complexity index is 854. The molecule has 0 saturated carbocycles. The molecular weight excluding hydrogens is 354 g/mol. The smallest absolute Gasteiger partial charge is 0.261 e. The summed E-state index contributed by atoms with van der Waals surface area (Å²) in [7, 11) is 0. The summed E-state index contributed by atoms with van der Waals surface area (Å²) in [5.74, 6) is -0.0397. The second-order valence-corrected chi connectivity index (χ2v) is 7.37. The van der Waals surface area contributed by atoms with Gasteiger partial charge in [0.05, 0.1) is 28.7 Å². The van der Waals surface area contributed by atoms with Crippen molar-refractivity contribution in [1.29, 1.82) is 0 Å². The highest BCUT2D eigenvalue weighted by molar-refractivity contribution is 7.12. The molecule has 2 heterocycles. The summed E-state index contributed by atoms with van der Waals surface area (Å²) in [4.78, 5) is 13.3. The van der Waals surface area contributed by atoms with E-state index in [1.807, 2.05) is 11.4 Å². The minimum absolute atomic E-state index is 0.0172. The van der Waals surface area contributed by atoms with Crippen molar-refractivity contribution < 1.29 is 4.79 Å². The highest BCUT2D eigenvalue weighted by Gasteiger charge is 2.16. The number of halogens is 1. The molecule has 2 aromatic heterocycles. The van der Waals surface area contributed by atoms with Gasteiger partial charge in [-0.3, -0.25) is 9.48 Å². The Kier molecular flexibility index (Phi) is 5.56. The molecule has 1 N–H and O–H groups in total. The number of aromatic nitrogens is 2. The molecule has 0 bridgehead atoms. The maximum atomic E-state index is 12.6. The molecule has 4 nitrogen and oxygen atoms in total. The van der Waals surface area contributed by atoms with E-state index in [9.17, 15) is 4.79 Å². The van der Waals surface area contributed by atoms with Gasteiger partial charge in [-0.15, -0.1) is 11.3 Å². The third-order valence-corrected chi connectivity index (χ3v) is 5.19. The van der Waals surface area contributed by atoms with Crippen molar-refractivity contribution in [1.82, 2.24) is 15.1 Å². The van der Waals surface area contributed by atoms with Crippen LogP contribution in [0.3, 0.4) is 0 Å². The monoisotopic (exact) mass is 373 g/mol. The van der Waals surface area contributed by atoms with E-state index in [1.165, 1.54) is 16.9 Å². The Hall–Kier alpha value is -2.11. The summed E-state index contributed by atoms with van der Waals surface area (Å²) in [6.07, 6.45) is 4.22. The van der Waals surface area contributed by atoms with Gasteiger partial charge >= 0.3 is 0 Å². The van der Waals surface area contributed by atoms with Crippen molar-refractivity contribution in [2.75, 3.05) is 0 Å². The fourth-order valence-corrected chi connectivity index (χ4v) is 3.60. The van der Waals surface area contributed by atoms with Crippen molar-refractivity contribution in [3.8, 4) is 0 Å². The first-order valence-corrected chi connectivity index (χ1v) is 9.43. The first-order valence-electron chi connectivity index (χ1n) is 8.18. The number of nitrogens with zero attached hydrogens (tertiary/aromatic N) is 2. The summed E-state index contributed by atoms with van der Waals surface area (Å²) in [5.41, 5.74) is 3.38. The van der Waals surface area contributed by atoms with Crippen LogP contribution >= 0.6 is 22.9 Å². The molecule has 0 radical (unpaired) electrons. The van der Waals surface area contributed by atoms with Crippen LogP contribution < -0.4 is 5.32 Å². The van der Waals surface area contributed by atoms with E-state index in [2.05, 4.69) is 48.5 Å². The van der Waals surface area contributed by atoms with Gasteiger partial charge in [-0.25, -0.2) is 0 Å². The van der Waals surface area contributed by atoms with Crippen LogP contribution in [0.25, 0.3) is 0 Å². The first-order chi connectivity index (χ1) is 12.0. The highest BCUT2D eigenvalue weighted by Crippen LogP contribution is 2.21. The normalized spacial score (nSPS) is 12.1. The topological polar surface area (TPSA) is 46.9 Å². The molecule has 25 heavy (non-hydrogen) atoms. The van der Waals surface area contributed by atoms with E-state index in [-0.39, 0.29) is 11.9 Å². The van der Waals surface area contributed by atoms with E-state index >= 15 is 0 Å². The summed E-state index contributed by atoms with van der Waals surface area (Å²) < 4.78 is 1.76. The van der Waals surface area contributed by atoms with Gasteiger partial charge in [0.25, 0.3) is 5.91 Å². The number of nitrogens with one attached hydrogen (secondary N) is 1. The van der Waals surface area contributed by atoms with Crippen LogP contribution in [0.1, 0.15) is 45.7 Å². The van der Waals surface area contributed by atoms with E-state index in [4.69, 9.17) is 11.6 Å². The molecule has 1 aromatic carbocycles. The lowest BCUT2D eigenvalue weighted by atomic mass is 10.0. The molecule has 3 aromatic rings.